The highest BCUT2D eigenvalue weighted by Gasteiger charge is 2.11. The molecule has 0 aliphatic carbocycles. The van der Waals surface area contributed by atoms with Gasteiger partial charge in [-0.2, -0.15) is 4.68 Å². The summed E-state index contributed by atoms with van der Waals surface area (Å²) >= 11 is 0. The van der Waals surface area contributed by atoms with Gasteiger partial charge in [0.1, 0.15) is 6.54 Å². The number of rotatable bonds is 4. The predicted molar refractivity (Wildman–Crippen MR) is 57.8 cm³/mol. The smallest absolute Gasteiger partial charge is 0.358 e. The average Bonchev–Trinajstić information content (AvgIpc) is 2.79. The number of aromatic nitrogens is 4. The molecule has 2 heterocycles. The van der Waals surface area contributed by atoms with Gasteiger partial charge in [-0.05, 0) is 4.92 Å². The highest BCUT2D eigenvalue weighted by molar-refractivity contribution is 5.28. The molecule has 0 spiro atoms. The Morgan fingerprint density at radius 2 is 2.29 bits per heavy atom. The van der Waals surface area contributed by atoms with Crippen molar-refractivity contribution in [1.82, 2.24) is 19.7 Å². The molecule has 0 saturated carbocycles. The summed E-state index contributed by atoms with van der Waals surface area (Å²) in [6.07, 6.45) is 4.49. The van der Waals surface area contributed by atoms with E-state index in [4.69, 9.17) is 5.84 Å². The molecule has 0 aliphatic rings. The Labute approximate surface area is 95.4 Å². The van der Waals surface area contributed by atoms with E-state index in [1.165, 1.54) is 29.3 Å². The number of nitro groups is 1. The van der Waals surface area contributed by atoms with Crippen LogP contribution in [-0.4, -0.2) is 24.7 Å². The van der Waals surface area contributed by atoms with E-state index in [1.54, 1.807) is 0 Å². The maximum absolute atomic E-state index is 10.4. The maximum atomic E-state index is 10.4. The lowest BCUT2D eigenvalue weighted by Gasteiger charge is -1.99. The second-order valence-electron chi connectivity index (χ2n) is 3.17. The zero-order valence-electron chi connectivity index (χ0n) is 8.65. The van der Waals surface area contributed by atoms with E-state index in [0.717, 1.165) is 0 Å². The molecule has 0 saturated heterocycles. The highest BCUT2D eigenvalue weighted by atomic mass is 16.6. The Morgan fingerprint density at radius 1 is 1.47 bits per heavy atom. The summed E-state index contributed by atoms with van der Waals surface area (Å²) in [5.74, 6) is 5.39. The van der Waals surface area contributed by atoms with Gasteiger partial charge in [-0.25, -0.2) is 10.8 Å². The van der Waals surface area contributed by atoms with Crippen LogP contribution in [0.15, 0.2) is 24.7 Å². The van der Waals surface area contributed by atoms with Crippen molar-refractivity contribution in [3.8, 4) is 0 Å². The molecule has 0 bridgehead atoms. The largest absolute Gasteiger partial charge is 0.389 e. The van der Waals surface area contributed by atoms with Gasteiger partial charge in [0.25, 0.3) is 0 Å². The molecule has 2 aromatic heterocycles. The minimum Gasteiger partial charge on any atom is -0.358 e. The van der Waals surface area contributed by atoms with Crippen molar-refractivity contribution >= 4 is 11.6 Å². The highest BCUT2D eigenvalue weighted by Crippen LogP contribution is 2.07. The van der Waals surface area contributed by atoms with Crippen molar-refractivity contribution in [2.24, 2.45) is 5.84 Å². The van der Waals surface area contributed by atoms with E-state index in [-0.39, 0.29) is 5.82 Å². The first-order valence-electron chi connectivity index (χ1n) is 4.64. The Hall–Kier alpha value is -2.55. The van der Waals surface area contributed by atoms with Crippen LogP contribution < -0.4 is 11.3 Å². The van der Waals surface area contributed by atoms with Crippen LogP contribution in [0.25, 0.3) is 0 Å². The summed E-state index contributed by atoms with van der Waals surface area (Å²) in [4.78, 5) is 17.9. The van der Waals surface area contributed by atoms with Gasteiger partial charge >= 0.3 is 5.82 Å². The van der Waals surface area contributed by atoms with Crippen LogP contribution >= 0.6 is 0 Å². The number of nitrogens with zero attached hydrogens (tertiary/aromatic N) is 5. The van der Waals surface area contributed by atoms with Gasteiger partial charge in [-0.3, -0.25) is 4.98 Å². The molecule has 2 aromatic rings. The van der Waals surface area contributed by atoms with Gasteiger partial charge in [0, 0.05) is 0 Å². The van der Waals surface area contributed by atoms with Gasteiger partial charge in [0.15, 0.2) is 5.82 Å². The standard InChI is InChI=1S/C8H9N7O2/c9-12-7-4-10-6(3-11-7)5-14-2-1-8(13-14)15(16)17/h1-4H,5,9H2,(H,11,12). The third-order valence-electron chi connectivity index (χ3n) is 1.99. The Morgan fingerprint density at radius 3 is 2.82 bits per heavy atom. The molecule has 0 unspecified atom stereocenters. The second-order valence-corrected chi connectivity index (χ2v) is 3.17. The fourth-order valence-corrected chi connectivity index (χ4v) is 1.21. The van der Waals surface area contributed by atoms with E-state index < -0.39 is 4.92 Å². The van der Waals surface area contributed by atoms with Crippen LogP contribution in [0.2, 0.25) is 0 Å². The lowest BCUT2D eigenvalue weighted by molar-refractivity contribution is -0.389. The van der Waals surface area contributed by atoms with Gasteiger partial charge < -0.3 is 15.5 Å². The number of nitrogens with two attached hydrogens (primary N) is 1. The fraction of sp³-hybridized carbons (Fsp3) is 0.125. The van der Waals surface area contributed by atoms with Gasteiger partial charge in [-0.15, -0.1) is 0 Å². The molecule has 0 amide bonds. The third kappa shape index (κ3) is 2.52. The molecule has 0 atom stereocenters. The number of anilines is 1. The SMILES string of the molecule is NNc1cnc(Cn2ccc([N+](=O)[O-])n2)cn1. The fourth-order valence-electron chi connectivity index (χ4n) is 1.21. The summed E-state index contributed by atoms with van der Waals surface area (Å²) < 4.78 is 1.41. The van der Waals surface area contributed by atoms with E-state index in [9.17, 15) is 10.1 Å². The summed E-state index contributed by atoms with van der Waals surface area (Å²) in [5.41, 5.74) is 2.98. The van der Waals surface area contributed by atoms with Crippen molar-refractivity contribution in [1.29, 1.82) is 0 Å². The average molecular weight is 235 g/mol. The van der Waals surface area contributed by atoms with Crippen LogP contribution in [0.4, 0.5) is 11.6 Å². The lowest BCUT2D eigenvalue weighted by Crippen LogP contribution is -2.10. The molecule has 9 heteroatoms. The van der Waals surface area contributed by atoms with Crippen LogP contribution in [0, 0.1) is 10.1 Å². The van der Waals surface area contributed by atoms with Gasteiger partial charge in [0.05, 0.1) is 35.4 Å². The van der Waals surface area contributed by atoms with Crippen molar-refractivity contribution in [3.63, 3.8) is 0 Å². The number of nitrogens with one attached hydrogen (secondary N) is 1. The lowest BCUT2D eigenvalue weighted by atomic mass is 10.4. The molecule has 0 fully saturated rings. The molecule has 2 rings (SSSR count). The Bertz CT molecular complexity index is 521. The zero-order valence-corrected chi connectivity index (χ0v) is 8.65. The minimum absolute atomic E-state index is 0.196. The summed E-state index contributed by atoms with van der Waals surface area (Å²) in [5, 5.41) is 14.2. The first-order valence-corrected chi connectivity index (χ1v) is 4.64. The van der Waals surface area contributed by atoms with E-state index >= 15 is 0 Å². The molecule has 3 N–H and O–H groups in total. The second kappa shape index (κ2) is 4.53. The van der Waals surface area contributed by atoms with Crippen LogP contribution in [0.3, 0.4) is 0 Å². The van der Waals surface area contributed by atoms with Crippen molar-refractivity contribution in [2.45, 2.75) is 6.54 Å². The zero-order chi connectivity index (χ0) is 12.3. The molecule has 0 radical (unpaired) electrons. The quantitative estimate of drug-likeness (QED) is 0.431. The monoisotopic (exact) mass is 235 g/mol. The summed E-state index contributed by atoms with van der Waals surface area (Å²) in [6.45, 7) is 0.311. The molecular formula is C8H9N7O2. The number of hydrazine groups is 1. The Balaban J connectivity index is 2.11. The molecule has 88 valence electrons. The van der Waals surface area contributed by atoms with Gasteiger partial charge in [0.2, 0.25) is 0 Å². The summed E-state index contributed by atoms with van der Waals surface area (Å²) in [6, 6.07) is 1.32. The van der Waals surface area contributed by atoms with Crippen molar-refractivity contribution in [2.75, 3.05) is 5.43 Å². The number of hydrogen-bond acceptors (Lipinski definition) is 7. The van der Waals surface area contributed by atoms with Crippen LogP contribution in [0.5, 0.6) is 0 Å². The predicted octanol–water partition coefficient (Wildman–Crippen LogP) is -0.0848. The molecule has 9 nitrogen and oxygen atoms in total. The molecule has 0 aliphatic heterocycles. The first-order chi connectivity index (χ1) is 8.19. The Kier molecular flexibility index (Phi) is 2.92. The molecule has 0 aromatic carbocycles. The van der Waals surface area contributed by atoms with Gasteiger partial charge in [-0.1, -0.05) is 0 Å². The van der Waals surface area contributed by atoms with Crippen LogP contribution in [0.1, 0.15) is 5.69 Å². The third-order valence-corrected chi connectivity index (χ3v) is 1.99. The van der Waals surface area contributed by atoms with E-state index in [0.29, 0.717) is 18.1 Å². The number of nitrogen functional groups attached to an aromatic ring is 1. The molecular weight excluding hydrogens is 226 g/mol. The minimum atomic E-state index is -0.552. The summed E-state index contributed by atoms with van der Waals surface area (Å²) in [7, 11) is 0. The van der Waals surface area contributed by atoms with Crippen molar-refractivity contribution in [3.05, 3.63) is 40.5 Å². The van der Waals surface area contributed by atoms with E-state index in [2.05, 4.69) is 20.5 Å². The number of hydrogen-bond donors (Lipinski definition) is 2. The molecule has 17 heavy (non-hydrogen) atoms. The topological polar surface area (TPSA) is 125 Å². The maximum Gasteiger partial charge on any atom is 0.389 e. The normalized spacial score (nSPS) is 10.2. The van der Waals surface area contributed by atoms with Crippen LogP contribution in [-0.2, 0) is 6.54 Å². The first kappa shape index (κ1) is 11.0. The van der Waals surface area contributed by atoms with Crippen molar-refractivity contribution < 1.29 is 4.92 Å². The van der Waals surface area contributed by atoms with E-state index in [1.807, 2.05) is 0 Å².